The smallest absolute Gasteiger partial charge is 0.255 e. The number of carbonyl (C=O) groups is 2. The van der Waals surface area contributed by atoms with Gasteiger partial charge in [-0.15, -0.1) is 0 Å². The van der Waals surface area contributed by atoms with E-state index in [0.717, 1.165) is 24.2 Å². The Labute approximate surface area is 152 Å². The summed E-state index contributed by atoms with van der Waals surface area (Å²) in [5.41, 5.74) is 6.61. The highest BCUT2D eigenvalue weighted by atomic mass is 16.5. The maximum Gasteiger partial charge on any atom is 0.255 e. The number of nitrogens with two attached hydrogens (primary N) is 1. The molecule has 1 aliphatic rings. The Hall–Kier alpha value is -3.02. The first-order chi connectivity index (χ1) is 12.6. The Morgan fingerprint density at radius 2 is 1.88 bits per heavy atom. The second kappa shape index (κ2) is 7.91. The van der Waals surface area contributed by atoms with Gasteiger partial charge < -0.3 is 20.5 Å². The number of benzene rings is 2. The molecule has 136 valence electrons. The molecule has 0 saturated heterocycles. The van der Waals surface area contributed by atoms with Gasteiger partial charge in [-0.3, -0.25) is 9.59 Å². The minimum absolute atomic E-state index is 0.0383. The fraction of sp³-hybridized carbons (Fsp3) is 0.300. The van der Waals surface area contributed by atoms with Gasteiger partial charge in [0, 0.05) is 5.56 Å². The quantitative estimate of drug-likeness (QED) is 0.762. The lowest BCUT2D eigenvalue weighted by Crippen LogP contribution is -2.30. The number of hydrogen-bond acceptors (Lipinski definition) is 4. The van der Waals surface area contributed by atoms with Crippen molar-refractivity contribution in [3.63, 3.8) is 0 Å². The Morgan fingerprint density at radius 3 is 2.50 bits per heavy atom. The molecule has 1 unspecified atom stereocenters. The average Bonchev–Trinajstić information content (AvgIpc) is 3.49. The first kappa shape index (κ1) is 17.8. The molecule has 0 radical (unpaired) electrons. The van der Waals surface area contributed by atoms with Gasteiger partial charge in [0.25, 0.3) is 11.8 Å². The number of carbonyl (C=O) groups excluding carboxylic acids is 2. The fourth-order valence-corrected chi connectivity index (χ4v) is 2.82. The molecule has 2 aromatic carbocycles. The van der Waals surface area contributed by atoms with E-state index in [1.165, 1.54) is 0 Å². The van der Waals surface area contributed by atoms with Gasteiger partial charge >= 0.3 is 0 Å². The molecule has 1 aliphatic carbocycles. The van der Waals surface area contributed by atoms with Gasteiger partial charge in [0.05, 0.1) is 13.2 Å². The zero-order chi connectivity index (χ0) is 18.5. The molecule has 0 spiro atoms. The van der Waals surface area contributed by atoms with Crippen LogP contribution in [0.5, 0.6) is 11.5 Å². The summed E-state index contributed by atoms with van der Waals surface area (Å²) in [6.45, 7) is -0.221. The van der Waals surface area contributed by atoms with Crippen LogP contribution in [0.15, 0.2) is 48.5 Å². The van der Waals surface area contributed by atoms with Crippen molar-refractivity contribution in [1.82, 2.24) is 5.32 Å². The molecule has 1 saturated carbocycles. The predicted octanol–water partition coefficient (Wildman–Crippen LogP) is 2.44. The van der Waals surface area contributed by atoms with Crippen LogP contribution in [0, 0.1) is 5.92 Å². The normalized spacial score (nSPS) is 14.3. The lowest BCUT2D eigenvalue weighted by atomic mass is 10.0. The molecular weight excluding hydrogens is 332 g/mol. The average molecular weight is 354 g/mol. The van der Waals surface area contributed by atoms with Crippen LogP contribution < -0.4 is 20.5 Å². The molecular formula is C20H22N2O4. The highest BCUT2D eigenvalue weighted by molar-refractivity contribution is 5.94. The molecule has 1 atom stereocenters. The Kier molecular flexibility index (Phi) is 5.41. The Balaban J connectivity index is 1.72. The van der Waals surface area contributed by atoms with Crippen molar-refractivity contribution in [3.05, 3.63) is 59.7 Å². The second-order valence-electron chi connectivity index (χ2n) is 6.34. The molecule has 6 heteroatoms. The molecule has 0 aromatic heterocycles. The third-order valence-electron chi connectivity index (χ3n) is 4.33. The van der Waals surface area contributed by atoms with E-state index in [9.17, 15) is 9.59 Å². The van der Waals surface area contributed by atoms with Crippen molar-refractivity contribution in [2.24, 2.45) is 11.7 Å². The van der Waals surface area contributed by atoms with Crippen molar-refractivity contribution in [2.45, 2.75) is 18.9 Å². The van der Waals surface area contributed by atoms with Crippen LogP contribution in [0.1, 0.15) is 34.8 Å². The summed E-state index contributed by atoms with van der Waals surface area (Å²) >= 11 is 0. The summed E-state index contributed by atoms with van der Waals surface area (Å²) in [7, 11) is 1.63. The number of methoxy groups -OCH3 is 1. The van der Waals surface area contributed by atoms with Crippen LogP contribution >= 0.6 is 0 Å². The summed E-state index contributed by atoms with van der Waals surface area (Å²) < 4.78 is 10.5. The van der Waals surface area contributed by atoms with E-state index in [1.807, 2.05) is 24.3 Å². The lowest BCUT2D eigenvalue weighted by molar-refractivity contribution is -0.119. The number of rotatable bonds is 8. The summed E-state index contributed by atoms with van der Waals surface area (Å²) in [5, 5.41) is 3.11. The molecule has 2 amide bonds. The topological polar surface area (TPSA) is 90.7 Å². The van der Waals surface area contributed by atoms with E-state index in [1.54, 1.807) is 31.4 Å². The fourth-order valence-electron chi connectivity index (χ4n) is 2.82. The molecule has 2 aromatic rings. The minimum atomic E-state index is -0.562. The molecule has 1 fully saturated rings. The third-order valence-corrected chi connectivity index (χ3v) is 4.33. The molecule has 3 N–H and O–H groups in total. The van der Waals surface area contributed by atoms with E-state index >= 15 is 0 Å². The number of nitrogens with one attached hydrogen (secondary N) is 1. The van der Waals surface area contributed by atoms with Gasteiger partial charge in [0.1, 0.15) is 11.5 Å². The number of ether oxygens (including phenoxy) is 2. The van der Waals surface area contributed by atoms with Crippen LogP contribution in [0.2, 0.25) is 0 Å². The van der Waals surface area contributed by atoms with Gasteiger partial charge in [0.15, 0.2) is 6.61 Å². The Bertz CT molecular complexity index is 785. The monoisotopic (exact) mass is 354 g/mol. The number of hydrogen-bond donors (Lipinski definition) is 2. The third kappa shape index (κ3) is 4.53. The predicted molar refractivity (Wildman–Crippen MR) is 97.1 cm³/mol. The summed E-state index contributed by atoms with van der Waals surface area (Å²) in [6, 6.07) is 14.4. The summed E-state index contributed by atoms with van der Waals surface area (Å²) in [5.74, 6) is 0.926. The van der Waals surface area contributed by atoms with E-state index < -0.39 is 5.91 Å². The van der Waals surface area contributed by atoms with E-state index in [0.29, 0.717) is 17.2 Å². The van der Waals surface area contributed by atoms with Crippen molar-refractivity contribution in [1.29, 1.82) is 0 Å². The van der Waals surface area contributed by atoms with E-state index in [4.69, 9.17) is 15.2 Å². The molecule has 3 rings (SSSR count). The van der Waals surface area contributed by atoms with Crippen molar-refractivity contribution < 1.29 is 19.1 Å². The van der Waals surface area contributed by atoms with Gasteiger partial charge in [0.2, 0.25) is 0 Å². The molecule has 6 nitrogen and oxygen atoms in total. The summed E-state index contributed by atoms with van der Waals surface area (Å²) in [4.78, 5) is 23.5. The minimum Gasteiger partial charge on any atom is -0.497 e. The van der Waals surface area contributed by atoms with Gasteiger partial charge in [-0.25, -0.2) is 0 Å². The summed E-state index contributed by atoms with van der Waals surface area (Å²) in [6.07, 6.45) is 2.19. The van der Waals surface area contributed by atoms with Crippen molar-refractivity contribution >= 4 is 11.8 Å². The first-order valence-electron chi connectivity index (χ1n) is 8.53. The van der Waals surface area contributed by atoms with E-state index in [-0.39, 0.29) is 18.6 Å². The van der Waals surface area contributed by atoms with Gasteiger partial charge in [-0.2, -0.15) is 0 Å². The van der Waals surface area contributed by atoms with Crippen LogP contribution in [0.4, 0.5) is 0 Å². The highest BCUT2D eigenvalue weighted by Gasteiger charge is 2.33. The van der Waals surface area contributed by atoms with Crippen molar-refractivity contribution in [2.75, 3.05) is 13.7 Å². The Morgan fingerprint density at radius 1 is 1.15 bits per heavy atom. The van der Waals surface area contributed by atoms with Crippen molar-refractivity contribution in [3.8, 4) is 11.5 Å². The first-order valence-corrected chi connectivity index (χ1v) is 8.53. The van der Waals surface area contributed by atoms with Gasteiger partial charge in [-0.1, -0.05) is 18.2 Å². The standard InChI is InChI=1S/C20H22N2O4/c1-25-16-9-7-14(8-10-16)19(13-5-6-13)22-20(24)15-3-2-4-17(11-15)26-12-18(21)23/h2-4,7-11,13,19H,5-6,12H2,1H3,(H2,21,23)(H,22,24). The molecule has 0 bridgehead atoms. The zero-order valence-corrected chi connectivity index (χ0v) is 14.6. The number of amides is 2. The van der Waals surface area contributed by atoms with Gasteiger partial charge in [-0.05, 0) is 54.7 Å². The second-order valence-corrected chi connectivity index (χ2v) is 6.34. The maximum absolute atomic E-state index is 12.7. The number of primary amides is 1. The lowest BCUT2D eigenvalue weighted by Gasteiger charge is -2.19. The van der Waals surface area contributed by atoms with Crippen LogP contribution in [0.3, 0.4) is 0 Å². The van der Waals surface area contributed by atoms with Crippen LogP contribution in [-0.4, -0.2) is 25.5 Å². The van der Waals surface area contributed by atoms with Crippen LogP contribution in [0.25, 0.3) is 0 Å². The maximum atomic E-state index is 12.7. The largest absolute Gasteiger partial charge is 0.497 e. The van der Waals surface area contributed by atoms with Crippen LogP contribution in [-0.2, 0) is 4.79 Å². The van der Waals surface area contributed by atoms with E-state index in [2.05, 4.69) is 5.32 Å². The molecule has 26 heavy (non-hydrogen) atoms. The molecule has 0 aliphatic heterocycles. The SMILES string of the molecule is COc1ccc(C(NC(=O)c2cccc(OCC(N)=O)c2)C2CC2)cc1. The molecule has 0 heterocycles. The highest BCUT2D eigenvalue weighted by Crippen LogP contribution is 2.41. The zero-order valence-electron chi connectivity index (χ0n) is 14.6.